The maximum absolute atomic E-state index is 12.1. The number of aromatic hydroxyl groups is 1. The second kappa shape index (κ2) is 13.2. The largest absolute Gasteiger partial charge is 0.502 e. The molecule has 7 rings (SSSR count). The number of benzene rings is 3. The highest BCUT2D eigenvalue weighted by atomic mass is 16.5. The summed E-state index contributed by atoms with van der Waals surface area (Å²) in [7, 11) is 4.87. The third-order valence-corrected chi connectivity index (χ3v) is 10.4. The van der Waals surface area contributed by atoms with Crippen LogP contribution in [0.1, 0.15) is 85.1 Å². The quantitative estimate of drug-likeness (QED) is 0.121. The Balaban J connectivity index is 1.37. The molecule has 0 amide bonds. The summed E-state index contributed by atoms with van der Waals surface area (Å²) in [6.07, 6.45) is 4.44. The number of aliphatic hydroxyl groups is 2. The smallest absolute Gasteiger partial charge is 0.200 e. The summed E-state index contributed by atoms with van der Waals surface area (Å²) in [6, 6.07) is 7.30. The molecule has 48 heavy (non-hydrogen) atoms. The molecule has 6 N–H and O–H groups in total. The fraction of sp³-hybridized carbons (Fsp3) is 0.514. The minimum absolute atomic E-state index is 0.0943. The van der Waals surface area contributed by atoms with Crippen LogP contribution in [0.5, 0.6) is 34.5 Å². The van der Waals surface area contributed by atoms with E-state index in [0.29, 0.717) is 43.1 Å². The summed E-state index contributed by atoms with van der Waals surface area (Å²) in [6.45, 7) is 4.24. The number of rotatable bonds is 11. The average Bonchev–Trinajstić information content (AvgIpc) is 3.08. The molecule has 3 aromatic rings. The van der Waals surface area contributed by atoms with Crippen LogP contribution in [0.3, 0.4) is 0 Å². The minimum Gasteiger partial charge on any atom is -0.502 e. The first-order valence-electron chi connectivity index (χ1n) is 17.1. The van der Waals surface area contributed by atoms with E-state index in [1.54, 1.807) is 12.1 Å². The molecule has 1 saturated carbocycles. The molecule has 1 fully saturated rings. The summed E-state index contributed by atoms with van der Waals surface area (Å²) >= 11 is 0. The first-order chi connectivity index (χ1) is 23.3. The molecule has 2 heterocycles. The zero-order valence-electron chi connectivity index (χ0n) is 28.2. The van der Waals surface area contributed by atoms with Gasteiger partial charge in [0.1, 0.15) is 23.9 Å². The molecule has 3 atom stereocenters. The molecule has 0 bridgehead atoms. The van der Waals surface area contributed by atoms with Crippen LogP contribution < -0.4 is 39.6 Å². The maximum atomic E-state index is 12.1. The van der Waals surface area contributed by atoms with Gasteiger partial charge in [0.25, 0.3) is 0 Å². The summed E-state index contributed by atoms with van der Waals surface area (Å²) < 4.78 is 30.6. The molecule has 11 heteroatoms. The normalized spacial score (nSPS) is 21.7. The second-order valence-electron chi connectivity index (χ2n) is 13.2. The highest BCUT2D eigenvalue weighted by molar-refractivity contribution is 5.93. The van der Waals surface area contributed by atoms with Crippen LogP contribution in [0.15, 0.2) is 24.3 Å². The van der Waals surface area contributed by atoms with E-state index in [0.717, 1.165) is 77.0 Å². The van der Waals surface area contributed by atoms with E-state index in [1.807, 2.05) is 19.2 Å². The number of anilines is 1. The summed E-state index contributed by atoms with van der Waals surface area (Å²) in [5.74, 6) is 1.92. The Bertz CT molecular complexity index is 1660. The molecular formula is C37H47N3O8. The minimum atomic E-state index is -1.02. The monoisotopic (exact) mass is 661 g/mol. The third-order valence-electron chi connectivity index (χ3n) is 10.4. The highest BCUT2D eigenvalue weighted by Crippen LogP contribution is 2.58. The lowest BCUT2D eigenvalue weighted by Gasteiger charge is -2.42. The maximum Gasteiger partial charge on any atom is 0.200 e. The summed E-state index contributed by atoms with van der Waals surface area (Å²) in [5.41, 5.74) is 6.21. The van der Waals surface area contributed by atoms with Gasteiger partial charge in [-0.25, -0.2) is 0 Å². The predicted molar refractivity (Wildman–Crippen MR) is 182 cm³/mol. The number of methoxy groups -OCH3 is 2. The van der Waals surface area contributed by atoms with Gasteiger partial charge in [0.2, 0.25) is 5.75 Å². The third kappa shape index (κ3) is 5.46. The predicted octanol–water partition coefficient (Wildman–Crippen LogP) is 5.05. The number of phenolic OH excluding ortho intramolecular Hbond substituents is 1. The van der Waals surface area contributed by atoms with E-state index in [2.05, 4.69) is 22.9 Å². The lowest BCUT2D eigenvalue weighted by atomic mass is 9.74. The van der Waals surface area contributed by atoms with Crippen LogP contribution in [0.4, 0.5) is 5.69 Å². The van der Waals surface area contributed by atoms with Crippen molar-refractivity contribution in [3.63, 3.8) is 0 Å². The fourth-order valence-corrected chi connectivity index (χ4v) is 8.12. The van der Waals surface area contributed by atoms with Crippen molar-refractivity contribution >= 4 is 5.69 Å². The van der Waals surface area contributed by atoms with Crippen molar-refractivity contribution in [1.29, 1.82) is 0 Å². The van der Waals surface area contributed by atoms with E-state index in [4.69, 9.17) is 23.7 Å². The molecule has 0 radical (unpaired) electrons. The van der Waals surface area contributed by atoms with Crippen molar-refractivity contribution in [3.05, 3.63) is 52.1 Å². The number of likely N-dealkylation sites (N-methyl/N-ethyl adjacent to an activating group) is 1. The molecule has 3 unspecified atom stereocenters. The van der Waals surface area contributed by atoms with Crippen LogP contribution in [0.25, 0.3) is 11.1 Å². The Morgan fingerprint density at radius 3 is 2.33 bits per heavy atom. The van der Waals surface area contributed by atoms with Gasteiger partial charge in [-0.3, -0.25) is 5.32 Å². The van der Waals surface area contributed by atoms with Gasteiger partial charge < -0.3 is 49.6 Å². The van der Waals surface area contributed by atoms with Gasteiger partial charge in [-0.05, 0) is 62.5 Å². The molecule has 0 aromatic heterocycles. The van der Waals surface area contributed by atoms with Gasteiger partial charge in [-0.15, -0.1) is 0 Å². The number of aliphatic hydroxyl groups excluding tert-OH is 2. The van der Waals surface area contributed by atoms with Crippen molar-refractivity contribution in [3.8, 4) is 45.6 Å². The molecule has 2 aliphatic carbocycles. The van der Waals surface area contributed by atoms with Crippen molar-refractivity contribution in [2.75, 3.05) is 52.9 Å². The average molecular weight is 662 g/mol. The van der Waals surface area contributed by atoms with Crippen molar-refractivity contribution < 1.29 is 39.0 Å². The number of hydrogen-bond acceptors (Lipinski definition) is 11. The Labute approximate surface area is 281 Å². The van der Waals surface area contributed by atoms with E-state index in [9.17, 15) is 15.3 Å². The van der Waals surface area contributed by atoms with Gasteiger partial charge in [-0.1, -0.05) is 13.3 Å². The van der Waals surface area contributed by atoms with Gasteiger partial charge in [0.05, 0.1) is 32.5 Å². The number of hydrogen-bond donors (Lipinski definition) is 6. The van der Waals surface area contributed by atoms with Crippen molar-refractivity contribution in [1.82, 2.24) is 10.6 Å². The zero-order valence-corrected chi connectivity index (χ0v) is 28.2. The number of ether oxygens (including phenoxy) is 5. The summed E-state index contributed by atoms with van der Waals surface area (Å²) in [5, 5.41) is 44.5. The molecule has 4 aliphatic rings. The van der Waals surface area contributed by atoms with Crippen molar-refractivity contribution in [2.24, 2.45) is 0 Å². The summed E-state index contributed by atoms with van der Waals surface area (Å²) in [4.78, 5) is 0. The lowest BCUT2D eigenvalue weighted by molar-refractivity contribution is -0.00337. The first kappa shape index (κ1) is 32.6. The van der Waals surface area contributed by atoms with Crippen molar-refractivity contribution in [2.45, 2.75) is 75.8 Å². The second-order valence-corrected chi connectivity index (χ2v) is 13.2. The molecule has 2 aliphatic heterocycles. The van der Waals surface area contributed by atoms with Crippen LogP contribution in [0, 0.1) is 0 Å². The van der Waals surface area contributed by atoms with Crippen LogP contribution in [0.2, 0.25) is 0 Å². The molecule has 11 nitrogen and oxygen atoms in total. The van der Waals surface area contributed by atoms with Crippen LogP contribution >= 0.6 is 0 Å². The Morgan fingerprint density at radius 2 is 1.65 bits per heavy atom. The number of fused-ring (bicyclic) bond motifs is 2. The Morgan fingerprint density at radius 1 is 0.917 bits per heavy atom. The number of phenols is 1. The Hall–Kier alpha value is -3.90. The van der Waals surface area contributed by atoms with E-state index >= 15 is 0 Å². The van der Waals surface area contributed by atoms with Crippen LogP contribution in [-0.2, 0) is 12.8 Å². The highest BCUT2D eigenvalue weighted by Gasteiger charge is 2.43. The lowest BCUT2D eigenvalue weighted by Crippen LogP contribution is -2.51. The van der Waals surface area contributed by atoms with Crippen LogP contribution in [-0.4, -0.2) is 68.6 Å². The Kier molecular flexibility index (Phi) is 8.97. The topological polar surface area (TPSA) is 143 Å². The first-order valence-corrected chi connectivity index (χ1v) is 17.1. The van der Waals surface area contributed by atoms with E-state index < -0.39 is 24.0 Å². The molecular weight excluding hydrogens is 614 g/mol. The van der Waals surface area contributed by atoms with E-state index in [1.165, 1.54) is 20.6 Å². The number of nitrogens with one attached hydrogen (secondary N) is 3. The van der Waals surface area contributed by atoms with Gasteiger partial charge >= 0.3 is 0 Å². The van der Waals surface area contributed by atoms with E-state index in [-0.39, 0.29) is 23.9 Å². The fourth-order valence-electron chi connectivity index (χ4n) is 8.12. The van der Waals surface area contributed by atoms with Gasteiger partial charge in [0.15, 0.2) is 23.5 Å². The van der Waals surface area contributed by atoms with Gasteiger partial charge in [-0.2, -0.15) is 0 Å². The molecule has 3 aromatic carbocycles. The molecule has 0 spiro atoms. The molecule has 258 valence electrons. The zero-order chi connectivity index (χ0) is 33.6. The standard InChI is InChI=1S/C37H47N3O8/c1-5-39-37(11-7-6-8-12-37)48-27-18-25(46-14-13-38-2)21-9-10-22-30-24(40-36(43)33(27)32(21)30)17-26-31(22)34(41)23(19-47-26)20-15-28(44-3)35(42)29(16-20)45-4/h15-18,23,34,36,38-43H,5-14,19H2,1-4H3. The molecule has 0 saturated heterocycles. The van der Waals surface area contributed by atoms with Gasteiger partial charge in [0, 0.05) is 65.4 Å². The SMILES string of the molecule is CCNC1(Oc2cc(OCCNC)c3c4c2C(O)Nc2cc5c(c(c2-4)CC3)C(O)C(c2cc(OC)c(O)c(OC)c2)CO5)CCCCC1.